The van der Waals surface area contributed by atoms with E-state index in [2.05, 4.69) is 10.2 Å². The molecule has 2 heterocycles. The molecule has 0 unspecified atom stereocenters. The highest BCUT2D eigenvalue weighted by atomic mass is 32.2. The van der Waals surface area contributed by atoms with Crippen molar-refractivity contribution in [3.8, 4) is 28.7 Å². The first kappa shape index (κ1) is 16.4. The maximum Gasteiger partial charge on any atom is 0.319 e. The Morgan fingerprint density at radius 2 is 1.83 bits per heavy atom. The number of benzene rings is 1. The minimum atomic E-state index is -0.307. The van der Waals surface area contributed by atoms with Crippen molar-refractivity contribution in [2.75, 3.05) is 27.9 Å². The average molecular weight is 352 g/mol. The second-order valence-corrected chi connectivity index (χ2v) is 6.00. The number of hydrogen-bond donors (Lipinski definition) is 0. The molecule has 1 fully saturated rings. The largest absolute Gasteiger partial charge is 0.493 e. The third-order valence-corrected chi connectivity index (χ3v) is 4.53. The van der Waals surface area contributed by atoms with Gasteiger partial charge in [-0.2, -0.15) is 0 Å². The van der Waals surface area contributed by atoms with Crippen molar-refractivity contribution in [2.45, 2.75) is 16.9 Å². The summed E-state index contributed by atoms with van der Waals surface area (Å²) in [4.78, 5) is 11.5. The van der Waals surface area contributed by atoms with Gasteiger partial charge in [0.05, 0.1) is 27.9 Å². The van der Waals surface area contributed by atoms with E-state index in [0.717, 1.165) is 0 Å². The van der Waals surface area contributed by atoms with Crippen LogP contribution in [0, 0.1) is 0 Å². The van der Waals surface area contributed by atoms with Gasteiger partial charge in [0.25, 0.3) is 5.22 Å². The van der Waals surface area contributed by atoms with Crippen LogP contribution in [0.5, 0.6) is 17.2 Å². The molecule has 24 heavy (non-hydrogen) atoms. The van der Waals surface area contributed by atoms with Gasteiger partial charge in [-0.3, -0.25) is 4.79 Å². The molecule has 9 heteroatoms. The summed E-state index contributed by atoms with van der Waals surface area (Å²) in [6, 6.07) is 3.43. The first-order valence-corrected chi connectivity index (χ1v) is 8.01. The van der Waals surface area contributed by atoms with Gasteiger partial charge in [0.2, 0.25) is 11.6 Å². The maximum absolute atomic E-state index is 11.5. The highest BCUT2D eigenvalue weighted by Gasteiger charge is 2.29. The molecule has 128 valence electrons. The van der Waals surface area contributed by atoms with Gasteiger partial charge in [0.15, 0.2) is 11.5 Å². The number of nitrogens with zero attached hydrogens (tertiary/aromatic N) is 2. The zero-order valence-corrected chi connectivity index (χ0v) is 14.2. The number of rotatable bonds is 6. The number of hydrogen-bond acceptors (Lipinski definition) is 9. The Labute approximate surface area is 142 Å². The smallest absolute Gasteiger partial charge is 0.319 e. The number of carbonyl (C=O) groups is 1. The maximum atomic E-state index is 11.5. The molecule has 1 aromatic carbocycles. The monoisotopic (exact) mass is 352 g/mol. The van der Waals surface area contributed by atoms with Crippen LogP contribution >= 0.6 is 11.8 Å². The van der Waals surface area contributed by atoms with E-state index >= 15 is 0 Å². The van der Waals surface area contributed by atoms with E-state index in [1.807, 2.05) is 0 Å². The first-order valence-electron chi connectivity index (χ1n) is 7.13. The lowest BCUT2D eigenvalue weighted by Crippen LogP contribution is -2.09. The lowest BCUT2D eigenvalue weighted by Gasteiger charge is -2.12. The van der Waals surface area contributed by atoms with Crippen LogP contribution in [0.25, 0.3) is 11.5 Å². The number of methoxy groups -OCH3 is 3. The molecule has 0 spiro atoms. The fraction of sp³-hybridized carbons (Fsp3) is 0.400. The molecule has 0 N–H and O–H groups in total. The van der Waals surface area contributed by atoms with E-state index in [4.69, 9.17) is 23.4 Å². The van der Waals surface area contributed by atoms with Gasteiger partial charge in [-0.15, -0.1) is 10.2 Å². The highest BCUT2D eigenvalue weighted by Crippen LogP contribution is 2.41. The second kappa shape index (κ2) is 7.00. The first-order chi connectivity index (χ1) is 11.7. The summed E-state index contributed by atoms with van der Waals surface area (Å²) in [5, 5.41) is 7.99. The fourth-order valence-electron chi connectivity index (χ4n) is 2.28. The van der Waals surface area contributed by atoms with Crippen LogP contribution in [-0.2, 0) is 9.53 Å². The molecular formula is C15H16N2O6S. The molecule has 2 aromatic rings. The normalized spacial score (nSPS) is 16.8. The molecule has 3 rings (SSSR count). The van der Waals surface area contributed by atoms with Gasteiger partial charge < -0.3 is 23.4 Å². The van der Waals surface area contributed by atoms with Crippen molar-refractivity contribution in [3.63, 3.8) is 0 Å². The summed E-state index contributed by atoms with van der Waals surface area (Å²) in [5.74, 6) is 1.49. The predicted molar refractivity (Wildman–Crippen MR) is 84.6 cm³/mol. The van der Waals surface area contributed by atoms with Crippen LogP contribution in [0.15, 0.2) is 21.8 Å². The Kier molecular flexibility index (Phi) is 4.79. The van der Waals surface area contributed by atoms with Crippen LogP contribution in [-0.4, -0.2) is 49.4 Å². The van der Waals surface area contributed by atoms with E-state index in [1.165, 1.54) is 33.1 Å². The molecule has 1 aliphatic rings. The van der Waals surface area contributed by atoms with E-state index in [-0.39, 0.29) is 11.2 Å². The predicted octanol–water partition coefficient (Wildman–Crippen LogP) is 2.17. The molecule has 1 atom stereocenters. The van der Waals surface area contributed by atoms with Crippen molar-refractivity contribution < 1.29 is 28.2 Å². The Bertz CT molecular complexity index is 722. The molecule has 8 nitrogen and oxygen atoms in total. The van der Waals surface area contributed by atoms with Gasteiger partial charge in [-0.1, -0.05) is 0 Å². The number of aromatic nitrogens is 2. The number of carbonyl (C=O) groups excluding carboxylic acids is 1. The van der Waals surface area contributed by atoms with Gasteiger partial charge >= 0.3 is 5.97 Å². The SMILES string of the molecule is COc1cc(-c2nnc(S[C@@H]3CCOC3=O)o2)cc(OC)c1OC. The fourth-order valence-corrected chi connectivity index (χ4v) is 3.12. The number of ether oxygens (including phenoxy) is 4. The molecule has 0 radical (unpaired) electrons. The van der Waals surface area contributed by atoms with Crippen molar-refractivity contribution >= 4 is 17.7 Å². The van der Waals surface area contributed by atoms with Crippen molar-refractivity contribution in [1.82, 2.24) is 10.2 Å². The molecule has 1 saturated heterocycles. The van der Waals surface area contributed by atoms with Crippen LogP contribution in [0.1, 0.15) is 6.42 Å². The zero-order chi connectivity index (χ0) is 17.1. The van der Waals surface area contributed by atoms with Gasteiger partial charge in [0, 0.05) is 12.0 Å². The minimum Gasteiger partial charge on any atom is -0.493 e. The molecule has 1 aliphatic heterocycles. The third-order valence-electron chi connectivity index (χ3n) is 3.45. The lowest BCUT2D eigenvalue weighted by atomic mass is 10.2. The molecule has 0 aliphatic carbocycles. The number of thioether (sulfide) groups is 1. The Morgan fingerprint density at radius 3 is 2.38 bits per heavy atom. The van der Waals surface area contributed by atoms with Crippen LogP contribution in [0.2, 0.25) is 0 Å². The van der Waals surface area contributed by atoms with E-state index in [9.17, 15) is 4.79 Å². The van der Waals surface area contributed by atoms with Crippen molar-refractivity contribution in [2.24, 2.45) is 0 Å². The summed E-state index contributed by atoms with van der Waals surface area (Å²) >= 11 is 1.20. The van der Waals surface area contributed by atoms with Crippen molar-refractivity contribution in [3.05, 3.63) is 12.1 Å². The molecule has 1 aromatic heterocycles. The van der Waals surface area contributed by atoms with Gasteiger partial charge in [-0.05, 0) is 23.9 Å². The molecule has 0 bridgehead atoms. The van der Waals surface area contributed by atoms with E-state index < -0.39 is 0 Å². The summed E-state index contributed by atoms with van der Waals surface area (Å²) in [7, 11) is 4.59. The minimum absolute atomic E-state index is 0.257. The van der Waals surface area contributed by atoms with Gasteiger partial charge in [-0.25, -0.2) is 0 Å². The quantitative estimate of drug-likeness (QED) is 0.725. The van der Waals surface area contributed by atoms with E-state index in [0.29, 0.717) is 47.0 Å². The Hall–Kier alpha value is -2.42. The number of esters is 1. The standard InChI is InChI=1S/C15H16N2O6S/c1-19-9-6-8(7-10(20-2)12(9)21-3)13-16-17-15(23-13)24-11-4-5-22-14(11)18/h6-7,11H,4-5H2,1-3H3/t11-/m1/s1. The van der Waals surface area contributed by atoms with Crippen LogP contribution < -0.4 is 14.2 Å². The van der Waals surface area contributed by atoms with Gasteiger partial charge in [0.1, 0.15) is 5.25 Å². The number of cyclic esters (lactones) is 1. The highest BCUT2D eigenvalue weighted by molar-refractivity contribution is 8.00. The van der Waals surface area contributed by atoms with E-state index in [1.54, 1.807) is 12.1 Å². The summed E-state index contributed by atoms with van der Waals surface area (Å²) in [6.45, 7) is 0.421. The third kappa shape index (κ3) is 3.12. The summed E-state index contributed by atoms with van der Waals surface area (Å²) in [6.07, 6.45) is 0.630. The summed E-state index contributed by atoms with van der Waals surface area (Å²) < 4.78 is 26.5. The average Bonchev–Trinajstić information content (AvgIpc) is 3.23. The van der Waals surface area contributed by atoms with Crippen molar-refractivity contribution in [1.29, 1.82) is 0 Å². The molecular weight excluding hydrogens is 336 g/mol. The van der Waals surface area contributed by atoms with Crippen LogP contribution in [0.3, 0.4) is 0 Å². The Morgan fingerprint density at radius 1 is 1.12 bits per heavy atom. The second-order valence-electron chi connectivity index (χ2n) is 4.85. The Balaban J connectivity index is 1.88. The zero-order valence-electron chi connectivity index (χ0n) is 13.4. The molecule has 0 saturated carbocycles. The molecule has 0 amide bonds. The topological polar surface area (TPSA) is 92.9 Å². The van der Waals surface area contributed by atoms with Crippen LogP contribution in [0.4, 0.5) is 0 Å². The lowest BCUT2D eigenvalue weighted by molar-refractivity contribution is -0.137. The summed E-state index contributed by atoms with van der Waals surface area (Å²) in [5.41, 5.74) is 0.623.